The van der Waals surface area contributed by atoms with Gasteiger partial charge in [0.05, 0.1) is 33.1 Å². The average Bonchev–Trinajstić information content (AvgIpc) is 2.83. The number of hydrogen-bond donors (Lipinski definition) is 2. The lowest BCUT2D eigenvalue weighted by atomic mass is 10.2. The summed E-state index contributed by atoms with van der Waals surface area (Å²) < 4.78 is 26.0. The molecule has 2 amide bonds. The van der Waals surface area contributed by atoms with E-state index in [4.69, 9.17) is 23.7 Å². The number of hydrazone groups is 1. The Kier molecular flexibility index (Phi) is 11.4. The monoisotopic (exact) mass is 515 g/mol. The number of benzene rings is 2. The Morgan fingerprint density at radius 3 is 2.43 bits per heavy atom. The molecule has 0 aliphatic heterocycles. The number of alkyl carbamates (subject to hydrolysis) is 1. The Bertz CT molecular complexity index is 1070. The van der Waals surface area contributed by atoms with Gasteiger partial charge in [-0.2, -0.15) is 5.10 Å². The topological polar surface area (TPSA) is 134 Å². The van der Waals surface area contributed by atoms with Gasteiger partial charge in [-0.25, -0.2) is 15.0 Å². The van der Waals surface area contributed by atoms with Gasteiger partial charge in [0.1, 0.15) is 11.6 Å². The number of rotatable bonds is 11. The van der Waals surface area contributed by atoms with Gasteiger partial charge in [0.25, 0.3) is 5.91 Å². The van der Waals surface area contributed by atoms with Crippen LogP contribution in [0, 0.1) is 0 Å². The predicted molar refractivity (Wildman–Crippen MR) is 136 cm³/mol. The molecule has 11 nitrogen and oxygen atoms in total. The van der Waals surface area contributed by atoms with Crippen LogP contribution in [0.2, 0.25) is 0 Å². The fraction of sp³-hybridized carbons (Fsp3) is 0.385. The molecule has 2 aromatic carbocycles. The molecular weight excluding hydrogens is 482 g/mol. The minimum atomic E-state index is -1.06. The highest BCUT2D eigenvalue weighted by Crippen LogP contribution is 2.28. The first-order chi connectivity index (χ1) is 17.6. The van der Waals surface area contributed by atoms with E-state index in [2.05, 4.69) is 15.8 Å². The molecule has 0 aromatic heterocycles. The summed E-state index contributed by atoms with van der Waals surface area (Å²) in [5.41, 5.74) is 3.11. The summed E-state index contributed by atoms with van der Waals surface area (Å²) in [7, 11) is 1.42. The summed E-state index contributed by atoms with van der Waals surface area (Å²) in [6.07, 6.45) is -0.251. The molecule has 0 saturated carbocycles. The van der Waals surface area contributed by atoms with Crippen molar-refractivity contribution in [3.63, 3.8) is 0 Å². The predicted octanol–water partition coefficient (Wildman–Crippen LogP) is 3.79. The van der Waals surface area contributed by atoms with Crippen LogP contribution in [0.4, 0.5) is 9.59 Å². The molecular formula is C26H33N3O8. The Hall–Kier alpha value is -4.12. The van der Waals surface area contributed by atoms with Crippen molar-refractivity contribution in [2.24, 2.45) is 5.10 Å². The Labute approximate surface area is 216 Å². The number of nitrogens with zero attached hydrogens (tertiary/aromatic N) is 1. The van der Waals surface area contributed by atoms with Gasteiger partial charge >= 0.3 is 12.2 Å². The molecule has 1 atom stereocenters. The SMILES string of the molecule is CCOC(=O)Oc1ccc(/C=N\NC(=O)[C@H](COCc2ccccc2)NC(=O)OC(C)(C)C)cc1OC. The third-order valence-corrected chi connectivity index (χ3v) is 4.44. The van der Waals surface area contributed by atoms with Crippen LogP contribution in [0.25, 0.3) is 0 Å². The zero-order valence-electron chi connectivity index (χ0n) is 21.6. The van der Waals surface area contributed by atoms with Crippen LogP contribution < -0.4 is 20.2 Å². The number of hydrogen-bond acceptors (Lipinski definition) is 9. The number of carbonyl (C=O) groups excluding carboxylic acids is 3. The molecule has 0 radical (unpaired) electrons. The fourth-order valence-corrected chi connectivity index (χ4v) is 2.84. The minimum absolute atomic E-state index is 0.108. The lowest BCUT2D eigenvalue weighted by molar-refractivity contribution is -0.124. The third-order valence-electron chi connectivity index (χ3n) is 4.44. The Morgan fingerprint density at radius 1 is 1.05 bits per heavy atom. The molecule has 37 heavy (non-hydrogen) atoms. The molecule has 0 unspecified atom stereocenters. The number of amides is 2. The zero-order chi connectivity index (χ0) is 27.3. The normalized spacial score (nSPS) is 11.9. The van der Waals surface area contributed by atoms with Crippen molar-refractivity contribution in [3.8, 4) is 11.5 Å². The lowest BCUT2D eigenvalue weighted by Gasteiger charge is -2.22. The van der Waals surface area contributed by atoms with E-state index in [0.29, 0.717) is 5.56 Å². The first-order valence-corrected chi connectivity index (χ1v) is 11.6. The lowest BCUT2D eigenvalue weighted by Crippen LogP contribution is -2.49. The van der Waals surface area contributed by atoms with E-state index < -0.39 is 29.8 Å². The van der Waals surface area contributed by atoms with Crippen LogP contribution in [-0.4, -0.2) is 56.3 Å². The van der Waals surface area contributed by atoms with Gasteiger partial charge in [0, 0.05) is 0 Å². The number of ether oxygens (including phenoxy) is 5. The standard InChI is InChI=1S/C26H33N3O8/c1-6-35-25(32)36-21-13-12-19(14-22(21)33-5)15-27-29-23(30)20(28-24(31)37-26(2,3)4)17-34-16-18-10-8-7-9-11-18/h7-15,20H,6,16-17H2,1-5H3,(H,28,31)(H,29,30)/b27-15-/t20-/m0/s1. The smallest absolute Gasteiger partial charge is 0.493 e. The maximum atomic E-state index is 12.8. The maximum absolute atomic E-state index is 12.8. The average molecular weight is 516 g/mol. The molecule has 0 bridgehead atoms. The van der Waals surface area contributed by atoms with Crippen LogP contribution in [0.5, 0.6) is 11.5 Å². The van der Waals surface area contributed by atoms with E-state index in [1.807, 2.05) is 30.3 Å². The van der Waals surface area contributed by atoms with E-state index in [1.54, 1.807) is 39.8 Å². The van der Waals surface area contributed by atoms with Crippen molar-refractivity contribution in [2.45, 2.75) is 45.9 Å². The second kappa shape index (κ2) is 14.4. The molecule has 0 aliphatic carbocycles. The van der Waals surface area contributed by atoms with Crippen LogP contribution in [0.15, 0.2) is 53.6 Å². The van der Waals surface area contributed by atoms with Crippen molar-refractivity contribution >= 4 is 24.4 Å². The van der Waals surface area contributed by atoms with Crippen molar-refractivity contribution in [3.05, 3.63) is 59.7 Å². The molecule has 200 valence electrons. The largest absolute Gasteiger partial charge is 0.513 e. The number of methoxy groups -OCH3 is 1. The highest BCUT2D eigenvalue weighted by Gasteiger charge is 2.24. The van der Waals surface area contributed by atoms with Crippen LogP contribution >= 0.6 is 0 Å². The first kappa shape index (κ1) is 29.1. The Balaban J connectivity index is 2.03. The highest BCUT2D eigenvalue weighted by atomic mass is 16.7. The second-order valence-electron chi connectivity index (χ2n) is 8.63. The van der Waals surface area contributed by atoms with E-state index in [9.17, 15) is 14.4 Å². The molecule has 0 saturated heterocycles. The maximum Gasteiger partial charge on any atom is 0.513 e. The van der Waals surface area contributed by atoms with E-state index in [0.717, 1.165) is 5.56 Å². The Morgan fingerprint density at radius 2 is 1.78 bits per heavy atom. The van der Waals surface area contributed by atoms with Gasteiger partial charge in [-0.05, 0) is 57.0 Å². The molecule has 0 aliphatic rings. The molecule has 0 fully saturated rings. The molecule has 2 N–H and O–H groups in total. The van der Waals surface area contributed by atoms with Crippen molar-refractivity contribution in [1.29, 1.82) is 0 Å². The zero-order valence-corrected chi connectivity index (χ0v) is 21.6. The van der Waals surface area contributed by atoms with Crippen LogP contribution in [0.3, 0.4) is 0 Å². The summed E-state index contributed by atoms with van der Waals surface area (Å²) in [5.74, 6) is -0.175. The van der Waals surface area contributed by atoms with E-state index >= 15 is 0 Å². The second-order valence-corrected chi connectivity index (χ2v) is 8.63. The van der Waals surface area contributed by atoms with Crippen molar-refractivity contribution in [2.75, 3.05) is 20.3 Å². The summed E-state index contributed by atoms with van der Waals surface area (Å²) in [5, 5.41) is 6.46. The third kappa shape index (κ3) is 11.0. The van der Waals surface area contributed by atoms with Gasteiger partial charge in [-0.3, -0.25) is 4.79 Å². The molecule has 0 spiro atoms. The number of carbonyl (C=O) groups is 3. The van der Waals surface area contributed by atoms with Gasteiger partial charge in [-0.15, -0.1) is 0 Å². The molecule has 0 heterocycles. The van der Waals surface area contributed by atoms with Crippen LogP contribution in [-0.2, 0) is 25.6 Å². The molecule has 2 rings (SSSR count). The molecule has 2 aromatic rings. The van der Waals surface area contributed by atoms with E-state index in [1.165, 1.54) is 19.4 Å². The fourth-order valence-electron chi connectivity index (χ4n) is 2.84. The minimum Gasteiger partial charge on any atom is -0.493 e. The van der Waals surface area contributed by atoms with Gasteiger partial charge < -0.3 is 29.0 Å². The summed E-state index contributed by atoms with van der Waals surface area (Å²) in [6, 6.07) is 13.0. The van der Waals surface area contributed by atoms with E-state index in [-0.39, 0.29) is 31.3 Å². The summed E-state index contributed by atoms with van der Waals surface area (Å²) >= 11 is 0. The molecule has 11 heteroatoms. The van der Waals surface area contributed by atoms with Crippen LogP contribution in [0.1, 0.15) is 38.8 Å². The van der Waals surface area contributed by atoms with Gasteiger partial charge in [0.2, 0.25) is 0 Å². The first-order valence-electron chi connectivity index (χ1n) is 11.6. The van der Waals surface area contributed by atoms with Gasteiger partial charge in [-0.1, -0.05) is 30.3 Å². The van der Waals surface area contributed by atoms with Crippen molar-refractivity contribution in [1.82, 2.24) is 10.7 Å². The van der Waals surface area contributed by atoms with Gasteiger partial charge in [0.15, 0.2) is 11.5 Å². The van der Waals surface area contributed by atoms with Crippen molar-refractivity contribution < 1.29 is 38.1 Å². The highest BCUT2D eigenvalue weighted by molar-refractivity contribution is 5.87. The number of nitrogens with one attached hydrogen (secondary N) is 2. The summed E-state index contributed by atoms with van der Waals surface area (Å²) in [4.78, 5) is 36.6. The quantitative estimate of drug-likeness (QED) is 0.200. The summed E-state index contributed by atoms with van der Waals surface area (Å²) in [6.45, 7) is 7.13.